The van der Waals surface area contributed by atoms with Crippen LogP contribution in [0.2, 0.25) is 0 Å². The number of rotatable bonds is 12. The molecule has 1 amide bonds. The number of nitrogens with one attached hydrogen (secondary N) is 1. The Morgan fingerprint density at radius 1 is 1.08 bits per heavy atom. The predicted molar refractivity (Wildman–Crippen MR) is 139 cm³/mol. The highest BCUT2D eigenvalue weighted by Gasteiger charge is 2.23. The van der Waals surface area contributed by atoms with Crippen LogP contribution in [0.15, 0.2) is 48.1 Å². The van der Waals surface area contributed by atoms with Crippen LogP contribution >= 0.6 is 11.3 Å². The number of nitrogens with zero attached hydrogens (tertiary/aromatic N) is 5. The van der Waals surface area contributed by atoms with E-state index < -0.39 is 0 Å². The van der Waals surface area contributed by atoms with Gasteiger partial charge < -0.3 is 24.8 Å². The van der Waals surface area contributed by atoms with Crippen molar-refractivity contribution in [1.82, 2.24) is 25.3 Å². The lowest BCUT2D eigenvalue weighted by Crippen LogP contribution is -2.32. The summed E-state index contributed by atoms with van der Waals surface area (Å²) in [5.41, 5.74) is 2.08. The fraction of sp³-hybridized carbons (Fsp3) is 0.320. The number of hydrogen-bond donors (Lipinski definition) is 2. The maximum atomic E-state index is 13.2. The van der Waals surface area contributed by atoms with E-state index in [1.165, 1.54) is 17.4 Å². The van der Waals surface area contributed by atoms with Crippen molar-refractivity contribution < 1.29 is 19.4 Å². The van der Waals surface area contributed by atoms with Crippen LogP contribution in [0.25, 0.3) is 21.7 Å². The van der Waals surface area contributed by atoms with E-state index >= 15 is 0 Å². The number of aromatic hydroxyl groups is 1. The molecule has 0 radical (unpaired) electrons. The summed E-state index contributed by atoms with van der Waals surface area (Å²) in [6.45, 7) is 2.53. The van der Waals surface area contributed by atoms with Crippen molar-refractivity contribution in [1.29, 1.82) is 0 Å². The zero-order valence-corrected chi connectivity index (χ0v) is 21.0. The molecule has 0 aliphatic heterocycles. The Kier molecular flexibility index (Phi) is 8.71. The lowest BCUT2D eigenvalue weighted by atomic mass is 10.1. The largest absolute Gasteiger partial charge is 0.493 e. The van der Waals surface area contributed by atoms with Crippen molar-refractivity contribution >= 4 is 33.3 Å². The first-order chi connectivity index (χ1) is 17.6. The number of fused-ring (bicyclic) bond motifs is 1. The van der Waals surface area contributed by atoms with E-state index in [1.54, 1.807) is 32.7 Å². The smallest absolute Gasteiger partial charge is 0.252 e. The van der Waals surface area contributed by atoms with Crippen LogP contribution in [0.5, 0.6) is 5.88 Å². The van der Waals surface area contributed by atoms with Crippen molar-refractivity contribution in [2.24, 2.45) is 0 Å². The van der Waals surface area contributed by atoms with Crippen LogP contribution in [0, 0.1) is 0 Å². The maximum absolute atomic E-state index is 13.2. The molecule has 0 saturated heterocycles. The van der Waals surface area contributed by atoms with Gasteiger partial charge in [-0.15, -0.1) is 11.3 Å². The van der Waals surface area contributed by atoms with Gasteiger partial charge in [0.2, 0.25) is 5.88 Å². The Labute approximate surface area is 213 Å². The van der Waals surface area contributed by atoms with Gasteiger partial charge in [-0.2, -0.15) is 0 Å². The maximum Gasteiger partial charge on any atom is 0.252 e. The van der Waals surface area contributed by atoms with Crippen molar-refractivity contribution in [3.8, 4) is 17.4 Å². The van der Waals surface area contributed by atoms with Crippen molar-refractivity contribution in [2.75, 3.05) is 52.0 Å². The molecule has 36 heavy (non-hydrogen) atoms. The minimum Gasteiger partial charge on any atom is -0.493 e. The second kappa shape index (κ2) is 12.3. The number of carbonyl (C=O) groups excluding carboxylic acids is 1. The van der Waals surface area contributed by atoms with E-state index in [1.807, 2.05) is 23.6 Å². The second-order valence-electron chi connectivity index (χ2n) is 7.92. The number of anilines is 1. The van der Waals surface area contributed by atoms with Crippen LogP contribution < -0.4 is 10.2 Å². The molecule has 0 saturated carbocycles. The van der Waals surface area contributed by atoms with Gasteiger partial charge in [-0.1, -0.05) is 12.1 Å². The van der Waals surface area contributed by atoms with E-state index in [-0.39, 0.29) is 11.8 Å². The molecular weight excluding hydrogens is 480 g/mol. The average molecular weight is 509 g/mol. The fourth-order valence-corrected chi connectivity index (χ4v) is 4.55. The molecule has 11 heteroatoms. The number of aromatic nitrogens is 4. The standard InChI is InChI=1S/C25H28N6O4S/c1-34-13-11-31(12-14-35-2)23-21-18(24(33)27-10-8-17-6-7-20(32)28-15-17)16-36-25(21)30-22(29-23)19-5-3-4-9-26-19/h3-7,9,15-16H,8,10-14H2,1-2H3,(H,27,33)(H,28,32). The van der Waals surface area contributed by atoms with Gasteiger partial charge in [0.25, 0.3) is 5.91 Å². The van der Waals surface area contributed by atoms with E-state index in [2.05, 4.69) is 20.2 Å². The molecule has 0 fully saturated rings. The number of thiophene rings is 1. The van der Waals surface area contributed by atoms with Crippen molar-refractivity contribution in [3.05, 3.63) is 59.2 Å². The van der Waals surface area contributed by atoms with Crippen LogP contribution in [-0.2, 0) is 15.9 Å². The summed E-state index contributed by atoms with van der Waals surface area (Å²) < 4.78 is 10.7. The Hall–Kier alpha value is -3.67. The first kappa shape index (κ1) is 25.4. The summed E-state index contributed by atoms with van der Waals surface area (Å²) in [5.74, 6) is 0.897. The molecule has 4 rings (SSSR count). The Morgan fingerprint density at radius 3 is 2.56 bits per heavy atom. The number of hydrogen-bond acceptors (Lipinski definition) is 10. The second-order valence-corrected chi connectivity index (χ2v) is 8.78. The van der Waals surface area contributed by atoms with E-state index in [9.17, 15) is 9.90 Å². The highest BCUT2D eigenvalue weighted by molar-refractivity contribution is 7.17. The van der Waals surface area contributed by atoms with Gasteiger partial charge in [0, 0.05) is 57.7 Å². The minimum atomic E-state index is -0.207. The summed E-state index contributed by atoms with van der Waals surface area (Å²) in [6.07, 6.45) is 3.88. The Balaban J connectivity index is 1.67. The molecule has 0 aromatic carbocycles. The number of carbonyl (C=O) groups is 1. The molecule has 0 unspecified atom stereocenters. The average Bonchev–Trinajstić information content (AvgIpc) is 3.34. The molecule has 0 bridgehead atoms. The molecule has 0 atom stereocenters. The lowest BCUT2D eigenvalue weighted by molar-refractivity contribution is 0.0956. The zero-order chi connectivity index (χ0) is 25.3. The first-order valence-electron chi connectivity index (χ1n) is 11.5. The normalized spacial score (nSPS) is 11.1. The minimum absolute atomic E-state index is 0.0309. The van der Waals surface area contributed by atoms with Gasteiger partial charge in [-0.05, 0) is 24.1 Å². The quantitative estimate of drug-likeness (QED) is 0.297. The summed E-state index contributed by atoms with van der Waals surface area (Å²) in [6, 6.07) is 8.90. The molecule has 4 heterocycles. The molecule has 4 aromatic heterocycles. The summed E-state index contributed by atoms with van der Waals surface area (Å²) in [5, 5.41) is 14.8. The molecule has 188 valence electrons. The molecular formula is C25H28N6O4S. The Bertz CT molecular complexity index is 1280. The fourth-order valence-electron chi connectivity index (χ4n) is 3.64. The lowest BCUT2D eigenvalue weighted by Gasteiger charge is -2.24. The van der Waals surface area contributed by atoms with Gasteiger partial charge in [-0.3, -0.25) is 9.78 Å². The van der Waals surface area contributed by atoms with E-state index in [0.29, 0.717) is 72.4 Å². The molecule has 0 aliphatic carbocycles. The van der Waals surface area contributed by atoms with Gasteiger partial charge in [0.05, 0.1) is 24.2 Å². The van der Waals surface area contributed by atoms with Crippen LogP contribution in [0.4, 0.5) is 5.82 Å². The highest BCUT2D eigenvalue weighted by Crippen LogP contribution is 2.34. The van der Waals surface area contributed by atoms with Crippen LogP contribution in [0.3, 0.4) is 0 Å². The summed E-state index contributed by atoms with van der Waals surface area (Å²) >= 11 is 1.40. The van der Waals surface area contributed by atoms with E-state index in [4.69, 9.17) is 19.4 Å². The van der Waals surface area contributed by atoms with Crippen LogP contribution in [0.1, 0.15) is 15.9 Å². The third-order valence-corrected chi connectivity index (χ3v) is 6.36. The first-order valence-corrected chi connectivity index (χ1v) is 12.3. The molecule has 0 aliphatic rings. The van der Waals surface area contributed by atoms with Gasteiger partial charge in [0.15, 0.2) is 5.82 Å². The number of amides is 1. The topological polar surface area (TPSA) is 123 Å². The van der Waals surface area contributed by atoms with Crippen molar-refractivity contribution in [3.63, 3.8) is 0 Å². The van der Waals surface area contributed by atoms with Gasteiger partial charge in [-0.25, -0.2) is 15.0 Å². The molecule has 4 aromatic rings. The van der Waals surface area contributed by atoms with Crippen LogP contribution in [-0.4, -0.2) is 78.0 Å². The zero-order valence-electron chi connectivity index (χ0n) is 20.2. The number of methoxy groups -OCH3 is 2. The third kappa shape index (κ3) is 6.11. The number of ether oxygens (including phenoxy) is 2. The SMILES string of the molecule is COCCN(CCOC)c1nc(-c2ccccn2)nc2scc(C(=O)NCCc3ccc(O)nc3)c12. The highest BCUT2D eigenvalue weighted by atomic mass is 32.1. The monoisotopic (exact) mass is 508 g/mol. The molecule has 10 nitrogen and oxygen atoms in total. The van der Waals surface area contributed by atoms with Crippen molar-refractivity contribution in [2.45, 2.75) is 6.42 Å². The van der Waals surface area contributed by atoms with Gasteiger partial charge in [0.1, 0.15) is 16.3 Å². The predicted octanol–water partition coefficient (Wildman–Crippen LogP) is 2.93. The van der Waals surface area contributed by atoms with Gasteiger partial charge >= 0.3 is 0 Å². The Morgan fingerprint density at radius 2 is 1.89 bits per heavy atom. The summed E-state index contributed by atoms with van der Waals surface area (Å²) in [4.78, 5) is 33.9. The molecule has 0 spiro atoms. The van der Waals surface area contributed by atoms with E-state index in [0.717, 1.165) is 5.56 Å². The molecule has 2 N–H and O–H groups in total. The summed E-state index contributed by atoms with van der Waals surface area (Å²) in [7, 11) is 3.30. The third-order valence-electron chi connectivity index (χ3n) is 5.49. The number of pyridine rings is 2.